The normalized spacial score (nSPS) is 10.6. The Morgan fingerprint density at radius 2 is 1.96 bits per heavy atom. The highest BCUT2D eigenvalue weighted by atomic mass is 79.9. The van der Waals surface area contributed by atoms with Gasteiger partial charge in [0.1, 0.15) is 11.4 Å². The summed E-state index contributed by atoms with van der Waals surface area (Å²) in [6.45, 7) is 0.305. The first-order valence-electron chi connectivity index (χ1n) is 7.97. The lowest BCUT2D eigenvalue weighted by Crippen LogP contribution is -2.18. The number of anilines is 1. The zero-order valence-corrected chi connectivity index (χ0v) is 15.7. The van der Waals surface area contributed by atoms with Crippen molar-refractivity contribution in [1.29, 1.82) is 0 Å². The summed E-state index contributed by atoms with van der Waals surface area (Å²) in [6, 6.07) is 8.93. The van der Waals surface area contributed by atoms with E-state index in [4.69, 9.17) is 9.84 Å². The molecule has 0 bridgehead atoms. The number of carboxylic acid groups (broad SMARTS) is 1. The minimum atomic E-state index is -0.955. The number of aliphatic carboxylic acids is 1. The van der Waals surface area contributed by atoms with E-state index in [1.165, 1.54) is 23.1 Å². The van der Waals surface area contributed by atoms with Gasteiger partial charge >= 0.3 is 5.97 Å². The third kappa shape index (κ3) is 5.17. The van der Waals surface area contributed by atoms with E-state index in [0.717, 1.165) is 4.47 Å². The molecule has 1 aromatic carbocycles. The van der Waals surface area contributed by atoms with Crippen LogP contribution in [0.15, 0.2) is 53.4 Å². The average Bonchev–Trinajstić information content (AvgIpc) is 3.28. The van der Waals surface area contributed by atoms with Crippen LogP contribution in [0.2, 0.25) is 0 Å². The predicted octanol–water partition coefficient (Wildman–Crippen LogP) is 2.61. The molecule has 0 aliphatic carbocycles. The van der Waals surface area contributed by atoms with Gasteiger partial charge in [0.15, 0.2) is 6.73 Å². The maximum atomic E-state index is 12.4. The Hall–Kier alpha value is -3.14. The fraction of sp³-hybridized carbons (Fsp3) is 0.176. The van der Waals surface area contributed by atoms with Crippen molar-refractivity contribution in [1.82, 2.24) is 19.6 Å². The van der Waals surface area contributed by atoms with Gasteiger partial charge in [-0.2, -0.15) is 10.2 Å². The molecule has 27 heavy (non-hydrogen) atoms. The van der Waals surface area contributed by atoms with Gasteiger partial charge in [0.05, 0.1) is 31.0 Å². The Labute approximate surface area is 162 Å². The van der Waals surface area contributed by atoms with Crippen LogP contribution in [0.5, 0.6) is 5.75 Å². The number of hydrogen-bond acceptors (Lipinski definition) is 5. The van der Waals surface area contributed by atoms with E-state index in [9.17, 15) is 9.59 Å². The molecule has 2 heterocycles. The van der Waals surface area contributed by atoms with Crippen molar-refractivity contribution >= 4 is 33.5 Å². The molecule has 2 aromatic heterocycles. The SMILES string of the molecule is O=C(O)CCn1nccc1C(=O)Nc1cnn(COc2ccc(Br)cc2)c1. The average molecular weight is 434 g/mol. The molecule has 10 heteroatoms. The molecule has 1 amide bonds. The lowest BCUT2D eigenvalue weighted by molar-refractivity contribution is -0.137. The fourth-order valence-electron chi connectivity index (χ4n) is 2.27. The first kappa shape index (κ1) is 18.6. The van der Waals surface area contributed by atoms with Crippen LogP contribution >= 0.6 is 15.9 Å². The van der Waals surface area contributed by atoms with Crippen LogP contribution in [0.4, 0.5) is 5.69 Å². The van der Waals surface area contributed by atoms with Crippen molar-refractivity contribution in [3.63, 3.8) is 0 Å². The Morgan fingerprint density at radius 1 is 1.19 bits per heavy atom. The summed E-state index contributed by atoms with van der Waals surface area (Å²) in [6.07, 6.45) is 4.47. The number of nitrogens with zero attached hydrogens (tertiary/aromatic N) is 4. The first-order valence-corrected chi connectivity index (χ1v) is 8.76. The molecule has 3 aromatic rings. The van der Waals surface area contributed by atoms with Crippen molar-refractivity contribution < 1.29 is 19.4 Å². The van der Waals surface area contributed by atoms with E-state index in [1.807, 2.05) is 24.3 Å². The third-order valence-corrected chi connectivity index (χ3v) is 4.08. The number of carbonyl (C=O) groups is 2. The van der Waals surface area contributed by atoms with Crippen molar-refractivity contribution in [3.05, 3.63) is 59.1 Å². The summed E-state index contributed by atoms with van der Waals surface area (Å²) < 4.78 is 9.46. The zero-order chi connectivity index (χ0) is 19.2. The van der Waals surface area contributed by atoms with Crippen LogP contribution < -0.4 is 10.1 Å². The number of carboxylic acids is 1. The molecule has 0 aliphatic heterocycles. The van der Waals surface area contributed by atoms with Gasteiger partial charge in [-0.3, -0.25) is 14.3 Å². The Kier molecular flexibility index (Phi) is 5.87. The van der Waals surface area contributed by atoms with Gasteiger partial charge in [0, 0.05) is 10.7 Å². The molecule has 0 atom stereocenters. The number of nitrogens with one attached hydrogen (secondary N) is 1. The molecular weight excluding hydrogens is 418 g/mol. The molecular formula is C17H16BrN5O4. The number of amides is 1. The number of benzene rings is 1. The quantitative estimate of drug-likeness (QED) is 0.564. The van der Waals surface area contributed by atoms with Crippen LogP contribution in [-0.2, 0) is 18.1 Å². The van der Waals surface area contributed by atoms with Gasteiger partial charge in [0.2, 0.25) is 0 Å². The molecule has 9 nitrogen and oxygen atoms in total. The largest absolute Gasteiger partial charge is 0.481 e. The topological polar surface area (TPSA) is 111 Å². The van der Waals surface area contributed by atoms with Crippen LogP contribution in [0, 0.1) is 0 Å². The third-order valence-electron chi connectivity index (χ3n) is 3.55. The highest BCUT2D eigenvalue weighted by molar-refractivity contribution is 9.10. The maximum absolute atomic E-state index is 12.4. The number of halogens is 1. The summed E-state index contributed by atoms with van der Waals surface area (Å²) in [7, 11) is 0. The minimum Gasteiger partial charge on any atom is -0.481 e. The van der Waals surface area contributed by atoms with Gasteiger partial charge in [-0.15, -0.1) is 0 Å². The molecule has 0 fully saturated rings. The van der Waals surface area contributed by atoms with Crippen LogP contribution in [0.3, 0.4) is 0 Å². The lowest BCUT2D eigenvalue weighted by atomic mass is 10.3. The Balaban J connectivity index is 1.57. The Morgan fingerprint density at radius 3 is 2.70 bits per heavy atom. The van der Waals surface area contributed by atoms with E-state index in [1.54, 1.807) is 10.9 Å². The van der Waals surface area contributed by atoms with E-state index in [2.05, 4.69) is 31.4 Å². The predicted molar refractivity (Wildman–Crippen MR) is 99.4 cm³/mol. The maximum Gasteiger partial charge on any atom is 0.305 e. The summed E-state index contributed by atoms with van der Waals surface area (Å²) in [5.74, 6) is -0.656. The molecule has 2 N–H and O–H groups in total. The van der Waals surface area contributed by atoms with Gasteiger partial charge < -0.3 is 15.2 Å². The highest BCUT2D eigenvalue weighted by Gasteiger charge is 2.14. The number of ether oxygens (including phenoxy) is 1. The summed E-state index contributed by atoms with van der Waals surface area (Å²) in [4.78, 5) is 23.1. The fourth-order valence-corrected chi connectivity index (χ4v) is 2.53. The number of hydrogen-bond donors (Lipinski definition) is 2. The zero-order valence-electron chi connectivity index (χ0n) is 14.1. The molecule has 140 valence electrons. The van der Waals surface area contributed by atoms with Gasteiger partial charge in [-0.05, 0) is 30.3 Å². The minimum absolute atomic E-state index is 0.116. The molecule has 3 rings (SSSR count). The highest BCUT2D eigenvalue weighted by Crippen LogP contribution is 2.16. The van der Waals surface area contributed by atoms with Crippen LogP contribution in [0.25, 0.3) is 0 Å². The number of carbonyl (C=O) groups excluding carboxylic acids is 1. The van der Waals surface area contributed by atoms with Gasteiger partial charge in [0.25, 0.3) is 5.91 Å². The molecule has 0 saturated carbocycles. The van der Waals surface area contributed by atoms with Crippen molar-refractivity contribution in [2.75, 3.05) is 5.32 Å². The molecule has 0 aliphatic rings. The van der Waals surface area contributed by atoms with Gasteiger partial charge in [-0.1, -0.05) is 15.9 Å². The smallest absolute Gasteiger partial charge is 0.305 e. The second-order valence-corrected chi connectivity index (χ2v) is 6.45. The lowest BCUT2D eigenvalue weighted by Gasteiger charge is -2.07. The molecule has 0 saturated heterocycles. The Bertz CT molecular complexity index is 935. The van der Waals surface area contributed by atoms with Crippen LogP contribution in [-0.4, -0.2) is 36.5 Å². The molecule has 0 unspecified atom stereocenters. The number of aromatic nitrogens is 4. The van der Waals surface area contributed by atoms with Crippen molar-refractivity contribution in [2.24, 2.45) is 0 Å². The second-order valence-electron chi connectivity index (χ2n) is 5.53. The standard InChI is InChI=1S/C17H16BrN5O4/c18-12-1-3-14(4-2-12)27-11-22-10-13(9-20-22)21-17(26)15-5-7-19-23(15)8-6-16(24)25/h1-5,7,9-10H,6,8,11H2,(H,21,26)(H,24,25). The van der Waals surface area contributed by atoms with E-state index < -0.39 is 11.9 Å². The summed E-state index contributed by atoms with van der Waals surface area (Å²) in [5, 5.41) is 19.6. The second kappa shape index (κ2) is 8.49. The van der Waals surface area contributed by atoms with Gasteiger partial charge in [-0.25, -0.2) is 4.68 Å². The summed E-state index contributed by atoms with van der Waals surface area (Å²) >= 11 is 3.36. The van der Waals surface area contributed by atoms with E-state index >= 15 is 0 Å². The van der Waals surface area contributed by atoms with E-state index in [0.29, 0.717) is 11.4 Å². The molecule has 0 radical (unpaired) electrons. The molecule has 0 spiro atoms. The van der Waals surface area contributed by atoms with Crippen molar-refractivity contribution in [3.8, 4) is 5.75 Å². The van der Waals surface area contributed by atoms with Crippen molar-refractivity contribution in [2.45, 2.75) is 19.7 Å². The first-order chi connectivity index (χ1) is 13.0. The number of aryl methyl sites for hydroxylation is 1. The van der Waals surface area contributed by atoms with E-state index in [-0.39, 0.29) is 25.4 Å². The summed E-state index contributed by atoms with van der Waals surface area (Å²) in [5.41, 5.74) is 0.764. The van der Waals surface area contributed by atoms with Crippen LogP contribution in [0.1, 0.15) is 16.9 Å². The number of rotatable bonds is 8. The monoisotopic (exact) mass is 433 g/mol.